The second kappa shape index (κ2) is 5.25. The molecule has 0 aromatic carbocycles. The number of pyridine rings is 1. The molecule has 2 heterocycles. The predicted molar refractivity (Wildman–Crippen MR) is 80.6 cm³/mol. The summed E-state index contributed by atoms with van der Waals surface area (Å²) in [7, 11) is 1.86. The molecular weight excluding hydrogens is 256 g/mol. The van der Waals surface area contributed by atoms with Gasteiger partial charge in [-0.15, -0.1) is 10.2 Å². The fraction of sp³-hybridized carbons (Fsp3) is 0.500. The summed E-state index contributed by atoms with van der Waals surface area (Å²) in [5.41, 5.74) is 1.22. The smallest absolute Gasteiger partial charge is 0.149 e. The van der Waals surface area contributed by atoms with Crippen molar-refractivity contribution in [1.29, 1.82) is 0 Å². The van der Waals surface area contributed by atoms with E-state index in [1.807, 2.05) is 25.4 Å². The Hall–Kier alpha value is -1.49. The van der Waals surface area contributed by atoms with Gasteiger partial charge >= 0.3 is 0 Å². The molecule has 1 N–H and O–H groups in total. The second-order valence-electron chi connectivity index (χ2n) is 5.72. The zero-order chi connectivity index (χ0) is 14.0. The monoisotopic (exact) mass is 276 g/mol. The molecule has 1 unspecified atom stereocenters. The number of rotatable bonds is 3. The lowest BCUT2D eigenvalue weighted by molar-refractivity contribution is 0.337. The van der Waals surface area contributed by atoms with Crippen LogP contribution in [0.25, 0.3) is 10.6 Å². The van der Waals surface area contributed by atoms with E-state index >= 15 is 0 Å². The Morgan fingerprint density at radius 3 is 2.47 bits per heavy atom. The fourth-order valence-corrected chi connectivity index (χ4v) is 2.70. The van der Waals surface area contributed by atoms with Gasteiger partial charge in [-0.05, 0) is 17.5 Å². The number of aromatic nitrogens is 3. The number of anilines is 1. The van der Waals surface area contributed by atoms with E-state index in [0.29, 0.717) is 5.92 Å². The van der Waals surface area contributed by atoms with E-state index in [1.54, 1.807) is 11.3 Å². The largest absolute Gasteiger partial charge is 0.373 e. The third-order valence-electron chi connectivity index (χ3n) is 3.38. The molecular formula is C14H20N4S. The van der Waals surface area contributed by atoms with Gasteiger partial charge in [0.25, 0.3) is 0 Å². The first-order valence-corrected chi connectivity index (χ1v) is 7.21. The second-order valence-corrected chi connectivity index (χ2v) is 6.72. The first kappa shape index (κ1) is 13.9. The highest BCUT2D eigenvalue weighted by Gasteiger charge is 2.25. The normalized spacial score (nSPS) is 13.3. The van der Waals surface area contributed by atoms with Gasteiger partial charge in [0.1, 0.15) is 15.8 Å². The minimum atomic E-state index is 0.199. The first-order chi connectivity index (χ1) is 8.91. The molecule has 0 bridgehead atoms. The summed E-state index contributed by atoms with van der Waals surface area (Å²) >= 11 is 1.65. The first-order valence-electron chi connectivity index (χ1n) is 6.39. The predicted octanol–water partition coefficient (Wildman–Crippen LogP) is 3.79. The summed E-state index contributed by atoms with van der Waals surface area (Å²) < 4.78 is 0. The standard InChI is InChI=1S/C14H20N4S/c1-9(14(2,3)4)12-17-18-13(19-12)10-6-7-11(15-5)16-8-10/h6-9H,1-5H3,(H,15,16). The van der Waals surface area contributed by atoms with Crippen LogP contribution in [0.15, 0.2) is 18.3 Å². The van der Waals surface area contributed by atoms with Crippen molar-refractivity contribution in [3.05, 3.63) is 23.3 Å². The Kier molecular flexibility index (Phi) is 3.85. The van der Waals surface area contributed by atoms with E-state index in [4.69, 9.17) is 0 Å². The van der Waals surface area contributed by atoms with Crippen LogP contribution in [0.1, 0.15) is 38.6 Å². The van der Waals surface area contributed by atoms with Gasteiger partial charge in [0, 0.05) is 24.7 Å². The zero-order valence-corrected chi connectivity index (χ0v) is 12.9. The highest BCUT2D eigenvalue weighted by Crippen LogP contribution is 2.37. The summed E-state index contributed by atoms with van der Waals surface area (Å²) in [5, 5.41) is 13.6. The van der Waals surface area contributed by atoms with E-state index in [0.717, 1.165) is 21.4 Å². The Morgan fingerprint density at radius 1 is 1.21 bits per heavy atom. The molecule has 0 aliphatic carbocycles. The number of hydrogen-bond donors (Lipinski definition) is 1. The van der Waals surface area contributed by atoms with Crippen molar-refractivity contribution in [3.63, 3.8) is 0 Å². The maximum atomic E-state index is 4.33. The average Bonchev–Trinajstić information content (AvgIpc) is 2.86. The van der Waals surface area contributed by atoms with Crippen molar-refractivity contribution in [1.82, 2.24) is 15.2 Å². The SMILES string of the molecule is CNc1ccc(-c2nnc(C(C)C(C)(C)C)s2)cn1. The van der Waals surface area contributed by atoms with Gasteiger partial charge in [0.05, 0.1) is 0 Å². The van der Waals surface area contributed by atoms with E-state index in [-0.39, 0.29) is 5.41 Å². The summed E-state index contributed by atoms with van der Waals surface area (Å²) in [5.74, 6) is 1.25. The third-order valence-corrected chi connectivity index (χ3v) is 4.53. The Bertz CT molecular complexity index is 539. The van der Waals surface area contributed by atoms with Crippen molar-refractivity contribution < 1.29 is 0 Å². The molecule has 0 radical (unpaired) electrons. The summed E-state index contributed by atoms with van der Waals surface area (Å²) in [6.45, 7) is 8.87. The van der Waals surface area contributed by atoms with Gasteiger partial charge < -0.3 is 5.32 Å². The van der Waals surface area contributed by atoms with Crippen LogP contribution in [-0.4, -0.2) is 22.2 Å². The molecule has 0 spiro atoms. The fourth-order valence-electron chi connectivity index (χ4n) is 1.56. The third kappa shape index (κ3) is 3.10. The van der Waals surface area contributed by atoms with Crippen LogP contribution in [0.2, 0.25) is 0 Å². The van der Waals surface area contributed by atoms with Gasteiger partial charge in [-0.3, -0.25) is 0 Å². The van der Waals surface area contributed by atoms with Crippen LogP contribution >= 0.6 is 11.3 Å². The van der Waals surface area contributed by atoms with Crippen LogP contribution in [0, 0.1) is 5.41 Å². The highest BCUT2D eigenvalue weighted by molar-refractivity contribution is 7.14. The Labute approximate surface area is 118 Å². The van der Waals surface area contributed by atoms with Crippen LogP contribution in [0.5, 0.6) is 0 Å². The lowest BCUT2D eigenvalue weighted by atomic mass is 9.83. The minimum absolute atomic E-state index is 0.199. The highest BCUT2D eigenvalue weighted by atomic mass is 32.1. The quantitative estimate of drug-likeness (QED) is 0.926. The molecule has 5 heteroatoms. The molecule has 2 aromatic heterocycles. The molecule has 0 fully saturated rings. The van der Waals surface area contributed by atoms with Crippen molar-refractivity contribution >= 4 is 17.2 Å². The van der Waals surface area contributed by atoms with E-state index in [2.05, 4.69) is 48.2 Å². The molecule has 2 aromatic rings. The molecule has 0 saturated heterocycles. The lowest BCUT2D eigenvalue weighted by Crippen LogP contribution is -2.14. The molecule has 4 nitrogen and oxygen atoms in total. The molecule has 2 rings (SSSR count). The van der Waals surface area contributed by atoms with Crippen molar-refractivity contribution in [2.45, 2.75) is 33.6 Å². The molecule has 0 saturated carbocycles. The maximum Gasteiger partial charge on any atom is 0.149 e. The van der Waals surface area contributed by atoms with Crippen LogP contribution in [0.4, 0.5) is 5.82 Å². The van der Waals surface area contributed by atoms with Crippen molar-refractivity contribution in [2.24, 2.45) is 5.41 Å². The molecule has 0 amide bonds. The van der Waals surface area contributed by atoms with E-state index in [1.165, 1.54) is 0 Å². The Morgan fingerprint density at radius 2 is 1.95 bits per heavy atom. The van der Waals surface area contributed by atoms with Gasteiger partial charge in [-0.2, -0.15) is 0 Å². The molecule has 1 atom stereocenters. The summed E-state index contributed by atoms with van der Waals surface area (Å²) in [6.07, 6.45) is 1.83. The minimum Gasteiger partial charge on any atom is -0.373 e. The molecule has 19 heavy (non-hydrogen) atoms. The van der Waals surface area contributed by atoms with Gasteiger partial charge in [-0.25, -0.2) is 4.98 Å². The van der Waals surface area contributed by atoms with Gasteiger partial charge in [-0.1, -0.05) is 39.0 Å². The van der Waals surface area contributed by atoms with Crippen LogP contribution < -0.4 is 5.32 Å². The van der Waals surface area contributed by atoms with Crippen molar-refractivity contribution in [3.8, 4) is 10.6 Å². The summed E-state index contributed by atoms with van der Waals surface area (Å²) in [6, 6.07) is 3.97. The maximum absolute atomic E-state index is 4.33. The molecule has 0 aliphatic heterocycles. The van der Waals surface area contributed by atoms with E-state index in [9.17, 15) is 0 Å². The zero-order valence-electron chi connectivity index (χ0n) is 12.1. The van der Waals surface area contributed by atoms with Crippen molar-refractivity contribution in [2.75, 3.05) is 12.4 Å². The average molecular weight is 276 g/mol. The number of nitrogens with zero attached hydrogens (tertiary/aromatic N) is 3. The number of hydrogen-bond acceptors (Lipinski definition) is 5. The number of nitrogens with one attached hydrogen (secondary N) is 1. The van der Waals surface area contributed by atoms with Crippen LogP contribution in [0.3, 0.4) is 0 Å². The summed E-state index contributed by atoms with van der Waals surface area (Å²) in [4.78, 5) is 4.30. The van der Waals surface area contributed by atoms with Gasteiger partial charge in [0.2, 0.25) is 0 Å². The van der Waals surface area contributed by atoms with Gasteiger partial charge in [0.15, 0.2) is 0 Å². The van der Waals surface area contributed by atoms with Crippen LogP contribution in [-0.2, 0) is 0 Å². The topological polar surface area (TPSA) is 50.7 Å². The molecule has 0 aliphatic rings. The lowest BCUT2D eigenvalue weighted by Gasteiger charge is -2.24. The molecule has 102 valence electrons. The Balaban J connectivity index is 2.25. The van der Waals surface area contributed by atoms with E-state index < -0.39 is 0 Å².